The number of aliphatic hydroxyl groups is 7. The van der Waals surface area contributed by atoms with Crippen molar-refractivity contribution in [3.05, 3.63) is 0 Å². The van der Waals surface area contributed by atoms with Crippen molar-refractivity contribution < 1.29 is 72.8 Å². The number of unbranched alkanes of at least 4 members (excludes halogenated alkanes) is 3. The number of nitrogens with two attached hydrogens (primary N) is 1. The van der Waals surface area contributed by atoms with E-state index in [-0.39, 0.29) is 6.61 Å². The fourth-order valence-corrected chi connectivity index (χ4v) is 3.81. The Morgan fingerprint density at radius 2 is 1.00 bits per heavy atom. The molecule has 0 saturated heterocycles. The van der Waals surface area contributed by atoms with Crippen LogP contribution in [0.1, 0.15) is 25.7 Å². The van der Waals surface area contributed by atoms with Gasteiger partial charge >= 0.3 is 15.6 Å². The average Bonchev–Trinajstić information content (AvgIpc) is 2.80. The van der Waals surface area contributed by atoms with E-state index in [4.69, 9.17) is 15.4 Å². The first-order valence-corrected chi connectivity index (χ1v) is 13.4. The van der Waals surface area contributed by atoms with E-state index in [0.29, 0.717) is 19.4 Å². The lowest BCUT2D eigenvalue weighted by Crippen LogP contribution is -2.42. The molecule has 206 valence electrons. The lowest BCUT2D eigenvalue weighted by molar-refractivity contribution is -0.0963. The van der Waals surface area contributed by atoms with E-state index in [2.05, 4.69) is 13.6 Å². The maximum Gasteiger partial charge on any atom is 0.472 e. The molecule has 0 amide bonds. The molecule has 11 N–H and O–H groups in total. The van der Waals surface area contributed by atoms with Gasteiger partial charge in [-0.05, 0) is 19.4 Å². The van der Waals surface area contributed by atoms with Gasteiger partial charge in [-0.1, -0.05) is 12.8 Å². The van der Waals surface area contributed by atoms with Crippen LogP contribution < -0.4 is 5.73 Å². The summed E-state index contributed by atoms with van der Waals surface area (Å²) in [6, 6.07) is 0. The third kappa shape index (κ3) is 15.1. The Labute approximate surface area is 196 Å². The Kier molecular flexibility index (Phi) is 17.3. The predicted octanol–water partition coefficient (Wildman–Crippen LogP) is -3.07. The summed E-state index contributed by atoms with van der Waals surface area (Å²) in [5.74, 6) is 0. The first-order valence-electron chi connectivity index (χ1n) is 10.4. The zero-order valence-electron chi connectivity index (χ0n) is 18.5. The largest absolute Gasteiger partial charge is 0.472 e. The Hall–Kier alpha value is -0.100. The Bertz CT molecular complexity index is 629. The number of phosphoric ester groups is 2. The molecule has 34 heavy (non-hydrogen) atoms. The maximum absolute atomic E-state index is 11.8. The van der Waals surface area contributed by atoms with Gasteiger partial charge in [0.15, 0.2) is 0 Å². The molecule has 0 bridgehead atoms. The summed E-state index contributed by atoms with van der Waals surface area (Å²) in [4.78, 5) is 19.1. The van der Waals surface area contributed by atoms with Crippen molar-refractivity contribution in [2.75, 3.05) is 39.6 Å². The molecule has 0 saturated carbocycles. The standard InChI is InChI=1S/C16H37NO15P2/c17-5-3-1-2-4-6-29-33(25,26)30-9-13(21)16(24)14(22)10-32-34(27,28)31-8-12(20)15(23)11(19)7-18/h11-16,18-24H,1-10,17H2,(H,25,26)(H,27,28)/t11-,12+,13+,14-,15-,16+/m0/s1. The molecule has 0 aromatic heterocycles. The Balaban J connectivity index is 4.37. The van der Waals surface area contributed by atoms with E-state index in [1.54, 1.807) is 0 Å². The smallest absolute Gasteiger partial charge is 0.394 e. The molecule has 0 rings (SSSR count). The average molecular weight is 545 g/mol. The minimum absolute atomic E-state index is 0.0933. The van der Waals surface area contributed by atoms with Gasteiger partial charge in [0.05, 0.1) is 33.0 Å². The topological polar surface area (TPSA) is 279 Å². The first-order chi connectivity index (χ1) is 15.8. The highest BCUT2D eigenvalue weighted by atomic mass is 31.2. The van der Waals surface area contributed by atoms with Crippen LogP contribution in [0.2, 0.25) is 0 Å². The number of hydrogen-bond acceptors (Lipinski definition) is 14. The molecule has 0 spiro atoms. The van der Waals surface area contributed by atoms with Gasteiger partial charge in [0, 0.05) is 0 Å². The molecule has 2 unspecified atom stereocenters. The molecule has 0 heterocycles. The van der Waals surface area contributed by atoms with Crippen LogP contribution in [0.25, 0.3) is 0 Å². The van der Waals surface area contributed by atoms with Crippen molar-refractivity contribution in [2.24, 2.45) is 5.73 Å². The molecule has 0 aromatic carbocycles. The minimum atomic E-state index is -4.92. The Morgan fingerprint density at radius 1 is 0.618 bits per heavy atom. The molecule has 0 fully saturated rings. The van der Waals surface area contributed by atoms with Gasteiger partial charge in [-0.25, -0.2) is 9.13 Å². The highest BCUT2D eigenvalue weighted by molar-refractivity contribution is 7.47. The second kappa shape index (κ2) is 17.4. The second-order valence-corrected chi connectivity index (χ2v) is 10.2. The van der Waals surface area contributed by atoms with Crippen molar-refractivity contribution in [2.45, 2.75) is 62.3 Å². The molecule has 8 atom stereocenters. The SMILES string of the molecule is NCCCCCCOP(=O)(O)OC[C@@H](O)[C@@H](O)[C@@H](O)COP(=O)(O)OC[C@@H](O)[C@@H](O)[C@@H](O)CO. The van der Waals surface area contributed by atoms with Crippen molar-refractivity contribution in [1.82, 2.24) is 0 Å². The predicted molar refractivity (Wildman–Crippen MR) is 114 cm³/mol. The summed E-state index contributed by atoms with van der Waals surface area (Å²) in [5, 5.41) is 66.2. The molecular formula is C16H37NO15P2. The van der Waals surface area contributed by atoms with Crippen molar-refractivity contribution in [3.63, 3.8) is 0 Å². The third-order valence-corrected chi connectivity index (χ3v) is 6.28. The summed E-state index contributed by atoms with van der Waals surface area (Å²) in [6.07, 6.45) is -8.62. The van der Waals surface area contributed by atoms with Gasteiger partial charge in [0.25, 0.3) is 0 Å². The van der Waals surface area contributed by atoms with E-state index in [9.17, 15) is 49.6 Å². The maximum atomic E-state index is 11.8. The minimum Gasteiger partial charge on any atom is -0.394 e. The normalized spacial score (nSPS) is 21.1. The van der Waals surface area contributed by atoms with Gasteiger partial charge in [-0.3, -0.25) is 18.1 Å². The van der Waals surface area contributed by atoms with Crippen LogP contribution in [0.15, 0.2) is 0 Å². The molecule has 0 aliphatic carbocycles. The monoisotopic (exact) mass is 545 g/mol. The molecule has 18 heteroatoms. The van der Waals surface area contributed by atoms with Crippen LogP contribution in [0.5, 0.6) is 0 Å². The van der Waals surface area contributed by atoms with Crippen molar-refractivity contribution in [1.29, 1.82) is 0 Å². The van der Waals surface area contributed by atoms with Crippen LogP contribution in [-0.2, 0) is 27.2 Å². The summed E-state index contributed by atoms with van der Waals surface area (Å²) in [6.45, 7) is -3.44. The van der Waals surface area contributed by atoms with E-state index in [1.807, 2.05) is 0 Å². The van der Waals surface area contributed by atoms with Crippen LogP contribution in [0.4, 0.5) is 0 Å². The Morgan fingerprint density at radius 3 is 1.41 bits per heavy atom. The number of hydrogen-bond donors (Lipinski definition) is 10. The van der Waals surface area contributed by atoms with Crippen LogP contribution in [-0.4, -0.2) is 122 Å². The first kappa shape index (κ1) is 33.9. The zero-order chi connectivity index (χ0) is 26.4. The van der Waals surface area contributed by atoms with Gasteiger partial charge < -0.3 is 51.3 Å². The fourth-order valence-electron chi connectivity index (χ4n) is 2.28. The summed E-state index contributed by atoms with van der Waals surface area (Å²) in [5.41, 5.74) is 5.34. The van der Waals surface area contributed by atoms with Crippen molar-refractivity contribution in [3.8, 4) is 0 Å². The number of aliphatic hydroxyl groups excluding tert-OH is 7. The summed E-state index contributed by atoms with van der Waals surface area (Å²) in [7, 11) is -9.47. The lowest BCUT2D eigenvalue weighted by Gasteiger charge is -2.25. The van der Waals surface area contributed by atoms with Gasteiger partial charge in [-0.2, -0.15) is 0 Å². The zero-order valence-corrected chi connectivity index (χ0v) is 20.3. The molecular weight excluding hydrogens is 508 g/mol. The quantitative estimate of drug-likeness (QED) is 0.0506. The molecule has 0 radical (unpaired) electrons. The van der Waals surface area contributed by atoms with E-state index >= 15 is 0 Å². The van der Waals surface area contributed by atoms with Gasteiger partial charge in [0.2, 0.25) is 0 Å². The summed E-state index contributed by atoms with van der Waals surface area (Å²) >= 11 is 0. The molecule has 0 aliphatic heterocycles. The highest BCUT2D eigenvalue weighted by Crippen LogP contribution is 2.44. The van der Waals surface area contributed by atoms with Crippen LogP contribution >= 0.6 is 15.6 Å². The highest BCUT2D eigenvalue weighted by Gasteiger charge is 2.33. The second-order valence-electron chi connectivity index (χ2n) is 7.29. The van der Waals surface area contributed by atoms with Crippen LogP contribution in [0.3, 0.4) is 0 Å². The third-order valence-electron chi connectivity index (χ3n) is 4.34. The van der Waals surface area contributed by atoms with Gasteiger partial charge in [-0.15, -0.1) is 0 Å². The molecule has 0 aromatic rings. The van der Waals surface area contributed by atoms with E-state index in [1.165, 1.54) is 0 Å². The fraction of sp³-hybridized carbons (Fsp3) is 1.00. The lowest BCUT2D eigenvalue weighted by atomic mass is 10.1. The number of phosphoric acid groups is 2. The van der Waals surface area contributed by atoms with Crippen LogP contribution in [0, 0.1) is 0 Å². The van der Waals surface area contributed by atoms with E-state index in [0.717, 1.165) is 12.8 Å². The molecule has 16 nitrogen and oxygen atoms in total. The van der Waals surface area contributed by atoms with Crippen molar-refractivity contribution >= 4 is 15.6 Å². The summed E-state index contributed by atoms with van der Waals surface area (Å²) < 4.78 is 41.5. The molecule has 0 aliphatic rings. The number of rotatable bonds is 21. The van der Waals surface area contributed by atoms with Gasteiger partial charge in [0.1, 0.15) is 36.6 Å². The van der Waals surface area contributed by atoms with E-state index < -0.39 is 78.7 Å².